The van der Waals surface area contributed by atoms with Crippen molar-refractivity contribution in [2.75, 3.05) is 14.2 Å². The molecule has 0 N–H and O–H groups in total. The first-order valence-corrected chi connectivity index (χ1v) is 6.02. The average molecular weight is 256 g/mol. The Labute approximate surface area is 112 Å². The van der Waals surface area contributed by atoms with E-state index in [1.165, 1.54) is 7.11 Å². The van der Waals surface area contributed by atoms with Crippen molar-refractivity contribution in [3.05, 3.63) is 65.7 Å². The van der Waals surface area contributed by atoms with Crippen LogP contribution in [0.4, 0.5) is 0 Å². The van der Waals surface area contributed by atoms with Crippen LogP contribution in [0.3, 0.4) is 0 Å². The van der Waals surface area contributed by atoms with E-state index in [2.05, 4.69) is 0 Å². The van der Waals surface area contributed by atoms with Gasteiger partial charge in [-0.2, -0.15) is 0 Å². The number of ketones is 1. The first kappa shape index (κ1) is 13.3. The zero-order valence-corrected chi connectivity index (χ0v) is 11.0. The normalized spacial score (nSPS) is 11.9. The van der Waals surface area contributed by atoms with Gasteiger partial charge in [0.25, 0.3) is 0 Å². The number of Topliss-reactive ketones (excluding diaryl/α,β-unsaturated/α-hetero) is 1. The minimum Gasteiger partial charge on any atom is -0.497 e. The van der Waals surface area contributed by atoms with Crippen LogP contribution in [0.1, 0.15) is 22.0 Å². The van der Waals surface area contributed by atoms with Crippen LogP contribution in [-0.4, -0.2) is 20.0 Å². The third kappa shape index (κ3) is 3.01. The van der Waals surface area contributed by atoms with Crippen molar-refractivity contribution in [1.29, 1.82) is 0 Å². The maximum Gasteiger partial charge on any atom is 0.196 e. The topological polar surface area (TPSA) is 35.5 Å². The van der Waals surface area contributed by atoms with Gasteiger partial charge < -0.3 is 9.47 Å². The van der Waals surface area contributed by atoms with E-state index in [9.17, 15) is 4.79 Å². The maximum atomic E-state index is 12.4. The number of rotatable bonds is 5. The number of carbonyl (C=O) groups is 1. The largest absolute Gasteiger partial charge is 0.497 e. The van der Waals surface area contributed by atoms with Gasteiger partial charge in [0.15, 0.2) is 5.78 Å². The highest BCUT2D eigenvalue weighted by atomic mass is 16.5. The van der Waals surface area contributed by atoms with E-state index in [1.54, 1.807) is 19.2 Å². The lowest BCUT2D eigenvalue weighted by atomic mass is 10.00. The van der Waals surface area contributed by atoms with Crippen LogP contribution in [0.15, 0.2) is 54.6 Å². The second-order valence-corrected chi connectivity index (χ2v) is 4.12. The van der Waals surface area contributed by atoms with E-state index in [-0.39, 0.29) is 5.78 Å². The van der Waals surface area contributed by atoms with Gasteiger partial charge in [0.05, 0.1) is 7.11 Å². The fraction of sp³-hybridized carbons (Fsp3) is 0.188. The molecule has 2 rings (SSSR count). The molecule has 0 saturated heterocycles. The van der Waals surface area contributed by atoms with Crippen LogP contribution in [0.5, 0.6) is 5.75 Å². The van der Waals surface area contributed by atoms with Crippen molar-refractivity contribution in [1.82, 2.24) is 0 Å². The molecule has 3 heteroatoms. The fourth-order valence-electron chi connectivity index (χ4n) is 1.93. The average Bonchev–Trinajstić information content (AvgIpc) is 2.49. The van der Waals surface area contributed by atoms with Gasteiger partial charge in [0, 0.05) is 12.7 Å². The molecular formula is C16H16O3. The Morgan fingerprint density at radius 2 is 1.58 bits per heavy atom. The lowest BCUT2D eigenvalue weighted by Gasteiger charge is -2.15. The molecule has 0 aliphatic rings. The van der Waals surface area contributed by atoms with Gasteiger partial charge in [-0.3, -0.25) is 4.79 Å². The van der Waals surface area contributed by atoms with Gasteiger partial charge in [-0.15, -0.1) is 0 Å². The van der Waals surface area contributed by atoms with Crippen LogP contribution in [0.25, 0.3) is 0 Å². The van der Waals surface area contributed by atoms with Gasteiger partial charge in [0.1, 0.15) is 11.9 Å². The minimum absolute atomic E-state index is 0.0479. The van der Waals surface area contributed by atoms with Crippen molar-refractivity contribution >= 4 is 5.78 Å². The van der Waals surface area contributed by atoms with Crippen molar-refractivity contribution < 1.29 is 14.3 Å². The van der Waals surface area contributed by atoms with E-state index in [0.29, 0.717) is 5.56 Å². The zero-order valence-electron chi connectivity index (χ0n) is 11.0. The molecule has 2 aromatic carbocycles. The van der Waals surface area contributed by atoms with Crippen LogP contribution >= 0.6 is 0 Å². The summed E-state index contributed by atoms with van der Waals surface area (Å²) in [6.07, 6.45) is -0.590. The second-order valence-electron chi connectivity index (χ2n) is 4.12. The van der Waals surface area contributed by atoms with E-state index < -0.39 is 6.10 Å². The minimum atomic E-state index is -0.590. The lowest BCUT2D eigenvalue weighted by molar-refractivity contribution is 0.0604. The number of hydrogen-bond donors (Lipinski definition) is 0. The summed E-state index contributed by atoms with van der Waals surface area (Å²) in [5.74, 6) is 0.707. The molecule has 19 heavy (non-hydrogen) atoms. The van der Waals surface area contributed by atoms with E-state index in [0.717, 1.165) is 11.3 Å². The molecule has 0 aromatic heterocycles. The lowest BCUT2D eigenvalue weighted by Crippen LogP contribution is -2.14. The summed E-state index contributed by atoms with van der Waals surface area (Å²) in [5.41, 5.74) is 1.46. The molecule has 0 radical (unpaired) electrons. The summed E-state index contributed by atoms with van der Waals surface area (Å²) in [6, 6.07) is 16.5. The van der Waals surface area contributed by atoms with Crippen molar-refractivity contribution in [3.63, 3.8) is 0 Å². The summed E-state index contributed by atoms with van der Waals surface area (Å²) in [7, 11) is 3.15. The highest BCUT2D eigenvalue weighted by Crippen LogP contribution is 2.23. The molecule has 3 nitrogen and oxygen atoms in total. The molecule has 0 aliphatic carbocycles. The van der Waals surface area contributed by atoms with Crippen molar-refractivity contribution in [2.45, 2.75) is 6.10 Å². The monoisotopic (exact) mass is 256 g/mol. The maximum absolute atomic E-state index is 12.4. The molecule has 98 valence electrons. The van der Waals surface area contributed by atoms with Crippen LogP contribution in [-0.2, 0) is 4.74 Å². The highest BCUT2D eigenvalue weighted by Gasteiger charge is 2.21. The molecule has 2 aromatic rings. The predicted octanol–water partition coefficient (Wildman–Crippen LogP) is 3.27. The quantitative estimate of drug-likeness (QED) is 0.770. The standard InChI is InChI=1S/C16H16O3/c1-18-14-10-8-13(9-11-14)16(19-2)15(17)12-6-4-3-5-7-12/h3-11,16H,1-2H3. The van der Waals surface area contributed by atoms with Gasteiger partial charge in [-0.05, 0) is 17.7 Å². The summed E-state index contributed by atoms with van der Waals surface area (Å²) in [5, 5.41) is 0. The van der Waals surface area contributed by atoms with Crippen LogP contribution < -0.4 is 4.74 Å². The van der Waals surface area contributed by atoms with Crippen molar-refractivity contribution in [3.8, 4) is 5.75 Å². The Morgan fingerprint density at radius 1 is 0.947 bits per heavy atom. The first-order valence-electron chi connectivity index (χ1n) is 6.02. The summed E-state index contributed by atoms with van der Waals surface area (Å²) in [6.45, 7) is 0. The van der Waals surface area contributed by atoms with Gasteiger partial charge in [0.2, 0.25) is 0 Å². The molecule has 0 saturated carbocycles. The van der Waals surface area contributed by atoms with Crippen molar-refractivity contribution in [2.24, 2.45) is 0 Å². The number of methoxy groups -OCH3 is 2. The highest BCUT2D eigenvalue weighted by molar-refractivity contribution is 6.00. The molecule has 0 amide bonds. The van der Waals surface area contributed by atoms with Crippen LogP contribution in [0, 0.1) is 0 Å². The number of carbonyl (C=O) groups excluding carboxylic acids is 1. The van der Waals surface area contributed by atoms with E-state index in [1.807, 2.05) is 42.5 Å². The molecule has 0 bridgehead atoms. The third-order valence-corrected chi connectivity index (χ3v) is 2.95. The molecule has 0 fully saturated rings. The summed E-state index contributed by atoms with van der Waals surface area (Å²) in [4.78, 5) is 12.4. The summed E-state index contributed by atoms with van der Waals surface area (Å²) >= 11 is 0. The fourth-order valence-corrected chi connectivity index (χ4v) is 1.93. The second kappa shape index (κ2) is 6.16. The molecule has 0 spiro atoms. The molecule has 1 unspecified atom stereocenters. The van der Waals surface area contributed by atoms with Crippen LogP contribution in [0.2, 0.25) is 0 Å². The van der Waals surface area contributed by atoms with E-state index in [4.69, 9.17) is 9.47 Å². The Morgan fingerprint density at radius 3 is 2.11 bits per heavy atom. The molecule has 0 aliphatic heterocycles. The first-order chi connectivity index (χ1) is 9.26. The van der Waals surface area contributed by atoms with Gasteiger partial charge in [-0.1, -0.05) is 42.5 Å². The Kier molecular flexibility index (Phi) is 4.31. The zero-order chi connectivity index (χ0) is 13.7. The Hall–Kier alpha value is -2.13. The Bertz CT molecular complexity index is 532. The summed E-state index contributed by atoms with van der Waals surface area (Å²) < 4.78 is 10.4. The van der Waals surface area contributed by atoms with Gasteiger partial charge in [-0.25, -0.2) is 0 Å². The predicted molar refractivity (Wildman–Crippen MR) is 73.5 cm³/mol. The SMILES string of the molecule is COc1ccc(C(OC)C(=O)c2ccccc2)cc1. The number of ether oxygens (including phenoxy) is 2. The molecule has 1 atom stereocenters. The number of hydrogen-bond acceptors (Lipinski definition) is 3. The molecule has 0 heterocycles. The smallest absolute Gasteiger partial charge is 0.196 e. The Balaban J connectivity index is 2.26. The number of benzene rings is 2. The van der Waals surface area contributed by atoms with Gasteiger partial charge >= 0.3 is 0 Å². The third-order valence-electron chi connectivity index (χ3n) is 2.95. The molecular weight excluding hydrogens is 240 g/mol. The van der Waals surface area contributed by atoms with E-state index >= 15 is 0 Å².